The van der Waals surface area contributed by atoms with Crippen LogP contribution in [0.4, 0.5) is 5.69 Å². The number of aromatic nitrogens is 2. The number of primary amides is 1. The Labute approximate surface area is 353 Å². The van der Waals surface area contributed by atoms with Crippen LogP contribution in [0.3, 0.4) is 0 Å². The van der Waals surface area contributed by atoms with Crippen molar-refractivity contribution < 1.29 is 47.7 Å². The Morgan fingerprint density at radius 2 is 1.46 bits per heavy atom. The lowest BCUT2D eigenvalue weighted by atomic mass is 9.90. The first-order valence-corrected chi connectivity index (χ1v) is 20.9. The van der Waals surface area contributed by atoms with Crippen LogP contribution in [0, 0.1) is 0 Å². The molecule has 17 nitrogen and oxygen atoms in total. The van der Waals surface area contributed by atoms with Gasteiger partial charge in [0, 0.05) is 43.3 Å². The van der Waals surface area contributed by atoms with Crippen LogP contribution in [0.15, 0.2) is 66.9 Å². The maximum Gasteiger partial charge on any atom is 0.264 e. The Kier molecular flexibility index (Phi) is 15.2. The lowest BCUT2D eigenvalue weighted by Gasteiger charge is -2.33. The predicted molar refractivity (Wildman–Crippen MR) is 224 cm³/mol. The van der Waals surface area contributed by atoms with Crippen molar-refractivity contribution >= 4 is 46.1 Å². The van der Waals surface area contributed by atoms with Gasteiger partial charge < -0.3 is 39.6 Å². The molecule has 3 aromatic carbocycles. The van der Waals surface area contributed by atoms with Crippen LogP contribution in [0.5, 0.6) is 0 Å². The van der Waals surface area contributed by atoms with E-state index in [1.807, 2.05) is 18.3 Å². The van der Waals surface area contributed by atoms with Gasteiger partial charge in [0.1, 0.15) is 11.6 Å². The molecular weight excluding hydrogens is 787 g/mol. The quantitative estimate of drug-likeness (QED) is 0.0727. The molecule has 61 heavy (non-hydrogen) atoms. The molecule has 2 atom stereocenters. The molecule has 0 aliphatic carbocycles. The maximum atomic E-state index is 13.2. The van der Waals surface area contributed by atoms with Gasteiger partial charge in [0.05, 0.1) is 88.4 Å². The number of benzene rings is 3. The minimum atomic E-state index is -1.01. The number of imide groups is 2. The van der Waals surface area contributed by atoms with Gasteiger partial charge in [0.25, 0.3) is 17.7 Å². The zero-order chi connectivity index (χ0) is 42.6. The second-order valence-corrected chi connectivity index (χ2v) is 15.1. The fraction of sp³-hybridized carbons (Fsp3) is 0.455. The van der Waals surface area contributed by atoms with E-state index in [-0.39, 0.29) is 24.0 Å². The number of anilines is 1. The van der Waals surface area contributed by atoms with Crippen molar-refractivity contribution in [3.8, 4) is 5.69 Å². The van der Waals surface area contributed by atoms with E-state index in [0.717, 1.165) is 48.4 Å². The number of amides is 5. The van der Waals surface area contributed by atoms with Crippen molar-refractivity contribution in [2.75, 3.05) is 97.6 Å². The number of carbonyl (C=O) groups is 5. The van der Waals surface area contributed by atoms with Crippen LogP contribution in [-0.4, -0.2) is 147 Å². The largest absolute Gasteiger partial charge is 0.382 e. The molecule has 1 aromatic heterocycles. The van der Waals surface area contributed by atoms with Gasteiger partial charge in [0.15, 0.2) is 0 Å². The summed E-state index contributed by atoms with van der Waals surface area (Å²) in [5.74, 6) is -2.20. The molecule has 0 saturated carbocycles. The van der Waals surface area contributed by atoms with E-state index >= 15 is 0 Å². The van der Waals surface area contributed by atoms with Gasteiger partial charge >= 0.3 is 0 Å². The lowest BCUT2D eigenvalue weighted by Crippen LogP contribution is -2.54. The normalized spacial score (nSPS) is 18.2. The molecule has 4 heterocycles. The molecule has 2 saturated heterocycles. The third-order valence-corrected chi connectivity index (χ3v) is 11.0. The van der Waals surface area contributed by atoms with Crippen LogP contribution in [0.2, 0.25) is 0 Å². The first kappa shape index (κ1) is 43.5. The van der Waals surface area contributed by atoms with Crippen molar-refractivity contribution in [2.45, 2.75) is 37.6 Å². The van der Waals surface area contributed by atoms with Crippen molar-refractivity contribution in [1.29, 1.82) is 0 Å². The molecule has 7 rings (SSSR count). The Balaban J connectivity index is 0.673. The summed E-state index contributed by atoms with van der Waals surface area (Å²) in [6.07, 6.45) is 4.37. The van der Waals surface area contributed by atoms with E-state index in [9.17, 15) is 24.0 Å². The summed E-state index contributed by atoms with van der Waals surface area (Å²) in [4.78, 5) is 65.3. The minimum Gasteiger partial charge on any atom is -0.382 e. The van der Waals surface area contributed by atoms with Crippen LogP contribution in [0.1, 0.15) is 68.2 Å². The molecule has 1 unspecified atom stereocenters. The maximum absolute atomic E-state index is 13.2. The smallest absolute Gasteiger partial charge is 0.264 e. The molecule has 3 aliphatic rings. The Morgan fingerprint density at radius 3 is 2.15 bits per heavy atom. The number of likely N-dealkylation sites (tertiary alicyclic amines) is 1. The molecule has 4 aromatic rings. The van der Waals surface area contributed by atoms with Crippen molar-refractivity contribution in [2.24, 2.45) is 5.73 Å². The van der Waals surface area contributed by atoms with E-state index < -0.39 is 35.6 Å². The molecule has 0 radical (unpaired) electrons. The zero-order valence-electron chi connectivity index (χ0n) is 34.2. The number of nitrogens with zero attached hydrogens (tertiary/aromatic N) is 4. The summed E-state index contributed by atoms with van der Waals surface area (Å²) in [6, 6.07) is 17.9. The number of carbonyl (C=O) groups excluding carboxylic acids is 5. The minimum absolute atomic E-state index is 0.0651. The van der Waals surface area contributed by atoms with Crippen LogP contribution >= 0.6 is 0 Å². The number of nitrogens with one attached hydrogen (secondary N) is 2. The highest BCUT2D eigenvalue weighted by Gasteiger charge is 2.45. The average Bonchev–Trinajstić information content (AvgIpc) is 3.82. The van der Waals surface area contributed by atoms with Gasteiger partial charge in [-0.1, -0.05) is 30.3 Å². The lowest BCUT2D eigenvalue weighted by molar-refractivity contribution is -0.136. The van der Waals surface area contributed by atoms with E-state index in [0.29, 0.717) is 95.3 Å². The standard InChI is InChI=1S/C44H53N7O10/c45-41(53)35-7-1-4-32-29-50(48-40(32)35)33-11-9-30(10-12-33)31-5-3-16-49(28-31)17-19-58-21-23-60-25-27-61-26-24-59-22-20-57-18-15-46-36-8-2-6-34-39(36)44(56)51(43(34)55)37-13-14-38(52)47-42(37)54/h1-2,4,6-12,29,31,37,46H,3,5,13-28H2,(H2,45,53)(H,47,52,54)/t31-,37?/m1/s1. The molecule has 0 spiro atoms. The predicted octanol–water partition coefficient (Wildman–Crippen LogP) is 2.90. The molecule has 3 aliphatic heterocycles. The summed E-state index contributed by atoms with van der Waals surface area (Å²) in [6.45, 7) is 7.87. The number of fused-ring (bicyclic) bond motifs is 2. The number of ether oxygens (including phenoxy) is 5. The topological polar surface area (TPSA) is 206 Å². The van der Waals surface area contributed by atoms with Gasteiger partial charge in [-0.15, -0.1) is 0 Å². The summed E-state index contributed by atoms with van der Waals surface area (Å²) in [5.41, 5.74) is 9.71. The highest BCUT2D eigenvalue weighted by molar-refractivity contribution is 6.25. The van der Waals surface area contributed by atoms with Crippen LogP contribution in [0.25, 0.3) is 16.6 Å². The van der Waals surface area contributed by atoms with E-state index in [2.05, 4.69) is 44.9 Å². The molecule has 5 amide bonds. The third kappa shape index (κ3) is 11.0. The van der Waals surface area contributed by atoms with E-state index in [4.69, 9.17) is 29.4 Å². The van der Waals surface area contributed by atoms with Crippen molar-refractivity contribution in [3.05, 3.63) is 89.1 Å². The summed E-state index contributed by atoms with van der Waals surface area (Å²) in [7, 11) is 0. The Morgan fingerprint density at radius 1 is 0.787 bits per heavy atom. The van der Waals surface area contributed by atoms with Crippen LogP contribution < -0.4 is 16.4 Å². The highest BCUT2D eigenvalue weighted by atomic mass is 16.6. The average molecular weight is 840 g/mol. The molecule has 2 fully saturated rings. The van der Waals surface area contributed by atoms with Gasteiger partial charge in [-0.2, -0.15) is 5.10 Å². The Hall–Kier alpha value is -5.56. The third-order valence-electron chi connectivity index (χ3n) is 11.0. The van der Waals surface area contributed by atoms with Crippen molar-refractivity contribution in [1.82, 2.24) is 24.9 Å². The molecular formula is C44H53N7O10. The Bertz CT molecular complexity index is 2180. The van der Waals surface area contributed by atoms with Gasteiger partial charge in [-0.05, 0) is 67.6 Å². The number of nitrogens with two attached hydrogens (primary N) is 1. The first-order chi connectivity index (χ1) is 29.8. The monoisotopic (exact) mass is 839 g/mol. The zero-order valence-corrected chi connectivity index (χ0v) is 34.2. The molecule has 0 bridgehead atoms. The second kappa shape index (κ2) is 21.3. The summed E-state index contributed by atoms with van der Waals surface area (Å²) >= 11 is 0. The molecule has 17 heteroatoms. The molecule has 324 valence electrons. The first-order valence-electron chi connectivity index (χ1n) is 20.9. The SMILES string of the molecule is NC(=O)c1cccc2cn(-c3ccc([C@@H]4CCCN(CCOCCOCCOCCOCCOCCNc5cccc6c5C(=O)N(C5CCC(=O)NC5=O)C6=O)C4)cc3)nc12. The van der Waals surface area contributed by atoms with Gasteiger partial charge in [-0.25, -0.2) is 4.68 Å². The number of piperidine rings is 2. The van der Waals surface area contributed by atoms with E-state index in [1.54, 1.807) is 28.9 Å². The second-order valence-electron chi connectivity index (χ2n) is 15.1. The fourth-order valence-corrected chi connectivity index (χ4v) is 7.90. The number of hydrogen-bond acceptors (Lipinski definition) is 13. The number of rotatable bonds is 23. The van der Waals surface area contributed by atoms with Gasteiger partial charge in [0.2, 0.25) is 11.8 Å². The van der Waals surface area contributed by atoms with Crippen LogP contribution in [-0.2, 0) is 33.3 Å². The number of hydrogen-bond donors (Lipinski definition) is 3. The van der Waals surface area contributed by atoms with Crippen molar-refractivity contribution in [3.63, 3.8) is 0 Å². The summed E-state index contributed by atoms with van der Waals surface area (Å²) < 4.78 is 30.1. The fourth-order valence-electron chi connectivity index (χ4n) is 7.90. The van der Waals surface area contributed by atoms with E-state index in [1.165, 1.54) is 5.56 Å². The van der Waals surface area contributed by atoms with Gasteiger partial charge in [-0.3, -0.25) is 34.2 Å². The molecule has 4 N–H and O–H groups in total. The summed E-state index contributed by atoms with van der Waals surface area (Å²) in [5, 5.41) is 10.8. The highest BCUT2D eigenvalue weighted by Crippen LogP contribution is 2.32.